The molecule has 24 heavy (non-hydrogen) atoms. The second-order valence-electron chi connectivity index (χ2n) is 5.23. The van der Waals surface area contributed by atoms with Crippen LogP contribution in [0.4, 0.5) is 10.1 Å². The molecule has 0 aliphatic rings. The number of amides is 1. The third kappa shape index (κ3) is 5.18. The van der Waals surface area contributed by atoms with Crippen LogP contribution in [0.3, 0.4) is 0 Å². The van der Waals surface area contributed by atoms with Crippen LogP contribution < -0.4 is 15.4 Å². The van der Waals surface area contributed by atoms with Crippen molar-refractivity contribution in [2.45, 2.75) is 20.0 Å². The number of benzene rings is 2. The molecule has 2 aromatic carbocycles. The number of thiocarbonyl (C=S) groups is 1. The van der Waals surface area contributed by atoms with E-state index in [4.69, 9.17) is 28.6 Å². The van der Waals surface area contributed by atoms with Gasteiger partial charge in [-0.2, -0.15) is 0 Å². The van der Waals surface area contributed by atoms with Crippen molar-refractivity contribution < 1.29 is 13.9 Å². The summed E-state index contributed by atoms with van der Waals surface area (Å²) >= 11 is 10.8. The van der Waals surface area contributed by atoms with Crippen molar-refractivity contribution in [3.8, 4) is 5.75 Å². The molecule has 2 N–H and O–H groups in total. The lowest BCUT2D eigenvalue weighted by Gasteiger charge is -2.11. The summed E-state index contributed by atoms with van der Waals surface area (Å²) in [6.07, 6.45) is 0.0592. The van der Waals surface area contributed by atoms with Gasteiger partial charge in [0.2, 0.25) is 0 Å². The molecule has 0 fully saturated rings. The van der Waals surface area contributed by atoms with Crippen LogP contribution in [0.1, 0.15) is 24.2 Å². The van der Waals surface area contributed by atoms with Gasteiger partial charge in [0.05, 0.1) is 11.1 Å². The Morgan fingerprint density at radius 3 is 2.46 bits per heavy atom. The Labute approximate surface area is 150 Å². The van der Waals surface area contributed by atoms with Gasteiger partial charge in [-0.3, -0.25) is 10.1 Å². The molecule has 0 aliphatic carbocycles. The van der Waals surface area contributed by atoms with Gasteiger partial charge < -0.3 is 10.1 Å². The molecule has 0 saturated heterocycles. The van der Waals surface area contributed by atoms with Crippen LogP contribution in [0.5, 0.6) is 5.75 Å². The van der Waals surface area contributed by atoms with Crippen molar-refractivity contribution in [1.29, 1.82) is 0 Å². The van der Waals surface area contributed by atoms with Crippen molar-refractivity contribution >= 4 is 40.5 Å². The zero-order valence-corrected chi connectivity index (χ0v) is 14.7. The number of hydrogen-bond donors (Lipinski definition) is 2. The minimum atomic E-state index is -0.527. The summed E-state index contributed by atoms with van der Waals surface area (Å²) in [6, 6.07) is 10.8. The normalized spacial score (nSPS) is 10.4. The van der Waals surface area contributed by atoms with Crippen LogP contribution in [0.2, 0.25) is 5.02 Å². The van der Waals surface area contributed by atoms with E-state index in [1.807, 2.05) is 13.8 Å². The fraction of sp³-hybridized carbons (Fsp3) is 0.176. The molecule has 1 amide bonds. The lowest BCUT2D eigenvalue weighted by Crippen LogP contribution is -2.34. The Kier molecular flexibility index (Phi) is 6.11. The maximum absolute atomic E-state index is 13.1. The summed E-state index contributed by atoms with van der Waals surface area (Å²) in [4.78, 5) is 12.1. The van der Waals surface area contributed by atoms with Gasteiger partial charge >= 0.3 is 0 Å². The van der Waals surface area contributed by atoms with Crippen molar-refractivity contribution in [3.05, 3.63) is 58.9 Å². The Morgan fingerprint density at radius 1 is 1.21 bits per heavy atom. The predicted octanol–water partition coefficient (Wildman–Crippen LogP) is 4.39. The zero-order chi connectivity index (χ0) is 17.7. The van der Waals surface area contributed by atoms with Gasteiger partial charge in [0.1, 0.15) is 11.6 Å². The van der Waals surface area contributed by atoms with Gasteiger partial charge in [0.25, 0.3) is 5.91 Å². The van der Waals surface area contributed by atoms with Crippen molar-refractivity contribution in [2.75, 3.05) is 5.32 Å². The smallest absolute Gasteiger partial charge is 0.257 e. The molecule has 2 aromatic rings. The van der Waals surface area contributed by atoms with Crippen LogP contribution in [0.25, 0.3) is 0 Å². The SMILES string of the molecule is CC(C)Oc1ccc(C(=O)NC(=S)Nc2ccc(F)c(Cl)c2)cc1. The Hall–Kier alpha value is -2.18. The minimum absolute atomic E-state index is 0.0325. The highest BCUT2D eigenvalue weighted by molar-refractivity contribution is 7.80. The quantitative estimate of drug-likeness (QED) is 0.788. The summed E-state index contributed by atoms with van der Waals surface area (Å²) < 4.78 is 18.6. The van der Waals surface area contributed by atoms with E-state index in [1.54, 1.807) is 24.3 Å². The lowest BCUT2D eigenvalue weighted by atomic mass is 10.2. The van der Waals surface area contributed by atoms with Gasteiger partial charge in [0, 0.05) is 11.3 Å². The van der Waals surface area contributed by atoms with Crippen LogP contribution in [-0.4, -0.2) is 17.1 Å². The van der Waals surface area contributed by atoms with E-state index in [9.17, 15) is 9.18 Å². The second kappa shape index (κ2) is 8.08. The fourth-order valence-electron chi connectivity index (χ4n) is 1.87. The van der Waals surface area contributed by atoms with Crippen molar-refractivity contribution in [2.24, 2.45) is 0 Å². The van der Waals surface area contributed by atoms with Crippen LogP contribution in [0.15, 0.2) is 42.5 Å². The Balaban J connectivity index is 1.95. The standard InChI is InChI=1S/C17H16ClFN2O2S/c1-10(2)23-13-6-3-11(4-7-13)16(22)21-17(24)20-12-5-8-15(19)14(18)9-12/h3-10H,1-2H3,(H2,20,21,22,24). The molecular formula is C17H16ClFN2O2S. The van der Waals surface area contributed by atoms with Crippen LogP contribution in [-0.2, 0) is 0 Å². The molecular weight excluding hydrogens is 351 g/mol. The first kappa shape index (κ1) is 18.2. The average molecular weight is 367 g/mol. The van der Waals surface area contributed by atoms with Gasteiger partial charge in [-0.25, -0.2) is 4.39 Å². The number of carbonyl (C=O) groups excluding carboxylic acids is 1. The van der Waals surface area contributed by atoms with E-state index in [1.165, 1.54) is 18.2 Å². The van der Waals surface area contributed by atoms with Crippen molar-refractivity contribution in [3.63, 3.8) is 0 Å². The Bertz CT molecular complexity index is 751. The maximum atomic E-state index is 13.1. The topological polar surface area (TPSA) is 50.4 Å². The molecule has 126 valence electrons. The number of rotatable bonds is 4. The number of hydrogen-bond acceptors (Lipinski definition) is 3. The molecule has 0 heterocycles. The first-order valence-corrected chi connectivity index (χ1v) is 7.98. The van der Waals surface area contributed by atoms with E-state index in [0.29, 0.717) is 17.0 Å². The highest BCUT2D eigenvalue weighted by Crippen LogP contribution is 2.19. The average Bonchev–Trinajstić information content (AvgIpc) is 2.51. The van der Waals surface area contributed by atoms with Gasteiger partial charge in [-0.05, 0) is 68.5 Å². The van der Waals surface area contributed by atoms with E-state index in [-0.39, 0.29) is 22.1 Å². The number of halogens is 2. The Morgan fingerprint density at radius 2 is 1.88 bits per heavy atom. The van der Waals surface area contributed by atoms with E-state index < -0.39 is 5.82 Å². The summed E-state index contributed by atoms with van der Waals surface area (Å²) in [5, 5.41) is 5.37. The van der Waals surface area contributed by atoms with Gasteiger partial charge in [-0.15, -0.1) is 0 Å². The van der Waals surface area contributed by atoms with E-state index >= 15 is 0 Å². The lowest BCUT2D eigenvalue weighted by molar-refractivity contribution is 0.0977. The molecule has 0 atom stereocenters. The number of anilines is 1. The largest absolute Gasteiger partial charge is 0.491 e. The molecule has 0 aliphatic heterocycles. The van der Waals surface area contributed by atoms with Gasteiger partial charge in [0.15, 0.2) is 5.11 Å². The molecule has 0 radical (unpaired) electrons. The summed E-state index contributed by atoms with van der Waals surface area (Å²) in [7, 11) is 0. The van der Waals surface area contributed by atoms with Crippen LogP contribution in [0, 0.1) is 5.82 Å². The first-order valence-electron chi connectivity index (χ1n) is 7.19. The van der Waals surface area contributed by atoms with Crippen LogP contribution >= 0.6 is 23.8 Å². The third-order valence-corrected chi connectivity index (χ3v) is 3.39. The molecule has 0 aromatic heterocycles. The minimum Gasteiger partial charge on any atom is -0.491 e. The molecule has 0 unspecified atom stereocenters. The first-order chi connectivity index (χ1) is 11.3. The number of ether oxygens (including phenoxy) is 1. The second-order valence-corrected chi connectivity index (χ2v) is 6.04. The summed E-state index contributed by atoms with van der Waals surface area (Å²) in [6.45, 7) is 3.85. The summed E-state index contributed by atoms with van der Waals surface area (Å²) in [5.74, 6) is -0.208. The molecule has 0 bridgehead atoms. The monoisotopic (exact) mass is 366 g/mol. The molecule has 0 spiro atoms. The maximum Gasteiger partial charge on any atom is 0.257 e. The number of carbonyl (C=O) groups is 1. The highest BCUT2D eigenvalue weighted by atomic mass is 35.5. The molecule has 2 rings (SSSR count). The number of nitrogens with one attached hydrogen (secondary N) is 2. The predicted molar refractivity (Wildman–Crippen MR) is 97.3 cm³/mol. The zero-order valence-electron chi connectivity index (χ0n) is 13.1. The molecule has 7 heteroatoms. The third-order valence-electron chi connectivity index (χ3n) is 2.89. The highest BCUT2D eigenvalue weighted by Gasteiger charge is 2.09. The van der Waals surface area contributed by atoms with Gasteiger partial charge in [-0.1, -0.05) is 11.6 Å². The molecule has 4 nitrogen and oxygen atoms in total. The van der Waals surface area contributed by atoms with E-state index in [2.05, 4.69) is 10.6 Å². The summed E-state index contributed by atoms with van der Waals surface area (Å²) in [5.41, 5.74) is 0.916. The van der Waals surface area contributed by atoms with E-state index in [0.717, 1.165) is 0 Å². The fourth-order valence-corrected chi connectivity index (χ4v) is 2.26. The van der Waals surface area contributed by atoms with Crippen molar-refractivity contribution in [1.82, 2.24) is 5.32 Å². The molecule has 0 saturated carbocycles.